The van der Waals surface area contributed by atoms with Crippen LogP contribution in [-0.4, -0.2) is 16.7 Å². The predicted octanol–water partition coefficient (Wildman–Crippen LogP) is 1.68. The lowest BCUT2D eigenvalue weighted by molar-refractivity contribution is 0.532. The van der Waals surface area contributed by atoms with Crippen molar-refractivity contribution in [3.63, 3.8) is 0 Å². The van der Waals surface area contributed by atoms with Crippen molar-refractivity contribution in [3.05, 3.63) is 24.0 Å². The Balaban J connectivity index is 2.06. The molecule has 1 aromatic rings. The van der Waals surface area contributed by atoms with Crippen molar-refractivity contribution >= 4 is 0 Å². The van der Waals surface area contributed by atoms with Gasteiger partial charge in [0.05, 0.1) is 6.20 Å². The van der Waals surface area contributed by atoms with E-state index in [-0.39, 0.29) is 0 Å². The standard InChI is InChI=1S/C10H15N3/c1-2-4-10(11-6-3-1)9-5-7-12-13-8-9/h5,7-8,10-11H,1-4,6H2. The van der Waals surface area contributed by atoms with Gasteiger partial charge in [-0.1, -0.05) is 12.8 Å². The van der Waals surface area contributed by atoms with Crippen LogP contribution in [0.4, 0.5) is 0 Å². The second-order valence-electron chi connectivity index (χ2n) is 3.53. The van der Waals surface area contributed by atoms with Crippen LogP contribution in [-0.2, 0) is 0 Å². The predicted molar refractivity (Wildman–Crippen MR) is 51.2 cm³/mol. The highest BCUT2D eigenvalue weighted by molar-refractivity contribution is 5.11. The maximum absolute atomic E-state index is 3.90. The van der Waals surface area contributed by atoms with Crippen LogP contribution in [0, 0.1) is 0 Å². The first-order valence-electron chi connectivity index (χ1n) is 4.97. The number of aromatic nitrogens is 2. The van der Waals surface area contributed by atoms with E-state index in [9.17, 15) is 0 Å². The fourth-order valence-electron chi connectivity index (χ4n) is 1.82. The molecule has 13 heavy (non-hydrogen) atoms. The Kier molecular flexibility index (Phi) is 2.87. The van der Waals surface area contributed by atoms with Crippen molar-refractivity contribution in [3.8, 4) is 0 Å². The molecule has 2 heterocycles. The minimum Gasteiger partial charge on any atom is -0.310 e. The summed E-state index contributed by atoms with van der Waals surface area (Å²) in [5.74, 6) is 0. The van der Waals surface area contributed by atoms with Gasteiger partial charge in [0.15, 0.2) is 0 Å². The van der Waals surface area contributed by atoms with E-state index >= 15 is 0 Å². The molecule has 0 aliphatic carbocycles. The number of nitrogens with zero attached hydrogens (tertiary/aromatic N) is 2. The maximum Gasteiger partial charge on any atom is 0.0544 e. The van der Waals surface area contributed by atoms with E-state index in [0.717, 1.165) is 6.54 Å². The summed E-state index contributed by atoms with van der Waals surface area (Å²) in [5, 5.41) is 11.2. The second-order valence-corrected chi connectivity index (χ2v) is 3.53. The Hall–Kier alpha value is -0.960. The lowest BCUT2D eigenvalue weighted by Crippen LogP contribution is -2.20. The molecule has 1 saturated heterocycles. The maximum atomic E-state index is 3.90. The van der Waals surface area contributed by atoms with Crippen LogP contribution in [0.25, 0.3) is 0 Å². The van der Waals surface area contributed by atoms with Crippen molar-refractivity contribution in [2.45, 2.75) is 31.7 Å². The normalized spacial score (nSPS) is 23.8. The van der Waals surface area contributed by atoms with Crippen molar-refractivity contribution in [2.24, 2.45) is 0 Å². The van der Waals surface area contributed by atoms with E-state index in [1.807, 2.05) is 6.20 Å². The van der Waals surface area contributed by atoms with Gasteiger partial charge in [-0.3, -0.25) is 0 Å². The first kappa shape index (κ1) is 8.63. The van der Waals surface area contributed by atoms with E-state index in [4.69, 9.17) is 0 Å². The molecule has 1 aliphatic rings. The van der Waals surface area contributed by atoms with E-state index < -0.39 is 0 Å². The minimum atomic E-state index is 0.498. The number of nitrogens with one attached hydrogen (secondary N) is 1. The average molecular weight is 177 g/mol. The van der Waals surface area contributed by atoms with Gasteiger partial charge in [-0.25, -0.2) is 0 Å². The van der Waals surface area contributed by atoms with Gasteiger partial charge < -0.3 is 5.32 Å². The molecule has 1 aromatic heterocycles. The van der Waals surface area contributed by atoms with Crippen LogP contribution in [0.15, 0.2) is 18.5 Å². The summed E-state index contributed by atoms with van der Waals surface area (Å²) in [6.07, 6.45) is 8.83. The van der Waals surface area contributed by atoms with Crippen LogP contribution < -0.4 is 5.32 Å². The Morgan fingerprint density at radius 2 is 2.23 bits per heavy atom. The Morgan fingerprint density at radius 3 is 3.08 bits per heavy atom. The Morgan fingerprint density at radius 1 is 1.23 bits per heavy atom. The van der Waals surface area contributed by atoms with Crippen LogP contribution in [0.2, 0.25) is 0 Å². The number of rotatable bonds is 1. The largest absolute Gasteiger partial charge is 0.310 e. The quantitative estimate of drug-likeness (QED) is 0.709. The molecular formula is C10H15N3. The zero-order valence-electron chi connectivity index (χ0n) is 7.74. The van der Waals surface area contributed by atoms with E-state index in [1.54, 1.807) is 6.20 Å². The molecule has 1 aliphatic heterocycles. The third kappa shape index (κ3) is 2.25. The van der Waals surface area contributed by atoms with Gasteiger partial charge in [-0.2, -0.15) is 10.2 Å². The van der Waals surface area contributed by atoms with Crippen LogP contribution in [0.3, 0.4) is 0 Å². The van der Waals surface area contributed by atoms with Gasteiger partial charge in [0.25, 0.3) is 0 Å². The molecule has 3 heteroatoms. The fraction of sp³-hybridized carbons (Fsp3) is 0.600. The average Bonchev–Trinajstić information content (AvgIpc) is 2.47. The van der Waals surface area contributed by atoms with Gasteiger partial charge >= 0.3 is 0 Å². The Labute approximate surface area is 78.6 Å². The van der Waals surface area contributed by atoms with Crippen molar-refractivity contribution in [2.75, 3.05) is 6.54 Å². The number of hydrogen-bond donors (Lipinski definition) is 1. The summed E-state index contributed by atoms with van der Waals surface area (Å²) in [6.45, 7) is 1.13. The molecule has 1 atom stereocenters. The number of hydrogen-bond acceptors (Lipinski definition) is 3. The molecule has 3 nitrogen and oxygen atoms in total. The van der Waals surface area contributed by atoms with Gasteiger partial charge in [0.2, 0.25) is 0 Å². The molecule has 0 saturated carbocycles. The van der Waals surface area contributed by atoms with E-state index in [1.165, 1.54) is 31.2 Å². The van der Waals surface area contributed by atoms with Crippen LogP contribution in [0.1, 0.15) is 37.3 Å². The van der Waals surface area contributed by atoms with E-state index in [2.05, 4.69) is 21.6 Å². The third-order valence-electron chi connectivity index (χ3n) is 2.57. The van der Waals surface area contributed by atoms with Gasteiger partial charge in [-0.15, -0.1) is 0 Å². The van der Waals surface area contributed by atoms with Crippen molar-refractivity contribution in [1.82, 2.24) is 15.5 Å². The molecular weight excluding hydrogens is 162 g/mol. The summed E-state index contributed by atoms with van der Waals surface area (Å²) in [4.78, 5) is 0. The molecule has 1 fully saturated rings. The molecule has 0 amide bonds. The highest BCUT2D eigenvalue weighted by atomic mass is 15.1. The zero-order chi connectivity index (χ0) is 8.93. The van der Waals surface area contributed by atoms with Crippen LogP contribution in [0.5, 0.6) is 0 Å². The second kappa shape index (κ2) is 4.33. The summed E-state index contributed by atoms with van der Waals surface area (Å²) in [6, 6.07) is 2.55. The first-order valence-corrected chi connectivity index (χ1v) is 4.97. The third-order valence-corrected chi connectivity index (χ3v) is 2.57. The van der Waals surface area contributed by atoms with Gasteiger partial charge in [0.1, 0.15) is 0 Å². The fourth-order valence-corrected chi connectivity index (χ4v) is 1.82. The molecule has 2 rings (SSSR count). The highest BCUT2D eigenvalue weighted by Gasteiger charge is 2.12. The molecule has 0 bridgehead atoms. The first-order chi connectivity index (χ1) is 6.47. The summed E-state index contributed by atoms with van der Waals surface area (Å²) in [5.41, 5.74) is 1.27. The molecule has 0 aromatic carbocycles. The molecule has 1 N–H and O–H groups in total. The summed E-state index contributed by atoms with van der Waals surface area (Å²) in [7, 11) is 0. The Bertz CT molecular complexity index is 240. The van der Waals surface area contributed by atoms with Gasteiger partial charge in [0, 0.05) is 12.2 Å². The zero-order valence-corrected chi connectivity index (χ0v) is 7.74. The molecule has 0 radical (unpaired) electrons. The molecule has 70 valence electrons. The highest BCUT2D eigenvalue weighted by Crippen LogP contribution is 2.20. The van der Waals surface area contributed by atoms with Gasteiger partial charge in [-0.05, 0) is 31.0 Å². The van der Waals surface area contributed by atoms with Crippen LogP contribution >= 0.6 is 0 Å². The topological polar surface area (TPSA) is 37.8 Å². The lowest BCUT2D eigenvalue weighted by Gasteiger charge is -2.14. The smallest absolute Gasteiger partial charge is 0.0544 e. The van der Waals surface area contributed by atoms with E-state index in [0.29, 0.717) is 6.04 Å². The monoisotopic (exact) mass is 177 g/mol. The molecule has 0 spiro atoms. The summed E-state index contributed by atoms with van der Waals surface area (Å²) < 4.78 is 0. The SMILES string of the molecule is c1cc(C2CCCCCN2)cnn1. The molecule has 1 unspecified atom stereocenters. The lowest BCUT2D eigenvalue weighted by atomic mass is 10.0. The minimum absolute atomic E-state index is 0.498. The van der Waals surface area contributed by atoms with Crippen molar-refractivity contribution in [1.29, 1.82) is 0 Å². The summed E-state index contributed by atoms with van der Waals surface area (Å²) >= 11 is 0. The van der Waals surface area contributed by atoms with Crippen molar-refractivity contribution < 1.29 is 0 Å².